The molecule has 1 aliphatic carbocycles. The van der Waals surface area contributed by atoms with Crippen LogP contribution in [0.4, 0.5) is 11.6 Å². The van der Waals surface area contributed by atoms with Crippen LogP contribution in [0, 0.1) is 5.41 Å². The molecule has 0 unspecified atom stereocenters. The Bertz CT molecular complexity index is 446. The molecule has 20 heavy (non-hydrogen) atoms. The average molecular weight is 276 g/mol. The van der Waals surface area contributed by atoms with Gasteiger partial charge in [0.05, 0.1) is 0 Å². The van der Waals surface area contributed by atoms with Crippen LogP contribution in [0.3, 0.4) is 0 Å². The van der Waals surface area contributed by atoms with Gasteiger partial charge in [-0.2, -0.15) is 0 Å². The predicted molar refractivity (Wildman–Crippen MR) is 85.4 cm³/mol. The van der Waals surface area contributed by atoms with Crippen LogP contribution in [-0.2, 0) is 6.42 Å². The quantitative estimate of drug-likeness (QED) is 0.914. The average Bonchev–Trinajstić information content (AvgIpc) is 2.45. The molecule has 2 rings (SSSR count). The summed E-state index contributed by atoms with van der Waals surface area (Å²) < 4.78 is 0. The minimum atomic E-state index is 0.507. The highest BCUT2D eigenvalue weighted by Gasteiger charge is 2.30. The summed E-state index contributed by atoms with van der Waals surface area (Å²) in [6.45, 7) is 6.93. The summed E-state index contributed by atoms with van der Waals surface area (Å²) in [5.41, 5.74) is 1.73. The van der Waals surface area contributed by atoms with Gasteiger partial charge in [-0.3, -0.25) is 0 Å². The highest BCUT2D eigenvalue weighted by molar-refractivity contribution is 5.58. The smallest absolute Gasteiger partial charge is 0.137 e. The monoisotopic (exact) mass is 276 g/mol. The van der Waals surface area contributed by atoms with E-state index in [1.165, 1.54) is 31.2 Å². The first-order valence-corrected chi connectivity index (χ1v) is 7.73. The highest BCUT2D eigenvalue weighted by atomic mass is 15.2. The molecule has 0 aromatic carbocycles. The van der Waals surface area contributed by atoms with E-state index in [9.17, 15) is 0 Å². The summed E-state index contributed by atoms with van der Waals surface area (Å²) in [6.07, 6.45) is 7.73. The topological polar surface area (TPSA) is 41.1 Å². The molecular weight excluding hydrogens is 248 g/mol. The molecule has 0 saturated heterocycles. The lowest BCUT2D eigenvalue weighted by molar-refractivity contribution is 0.222. The van der Waals surface area contributed by atoms with Gasteiger partial charge >= 0.3 is 0 Å². The van der Waals surface area contributed by atoms with Gasteiger partial charge in [-0.25, -0.2) is 9.97 Å². The van der Waals surface area contributed by atoms with Gasteiger partial charge in [0.2, 0.25) is 0 Å². The summed E-state index contributed by atoms with van der Waals surface area (Å²) in [4.78, 5) is 11.2. The maximum Gasteiger partial charge on any atom is 0.137 e. The first kappa shape index (κ1) is 15.1. The molecule has 1 aliphatic rings. The fourth-order valence-electron chi connectivity index (χ4n) is 3.19. The van der Waals surface area contributed by atoms with E-state index in [1.54, 1.807) is 6.33 Å². The number of hydrogen-bond acceptors (Lipinski definition) is 4. The van der Waals surface area contributed by atoms with Gasteiger partial charge in [-0.05, 0) is 37.5 Å². The third-order valence-corrected chi connectivity index (χ3v) is 4.70. The second-order valence-electron chi connectivity index (χ2n) is 6.63. The fourth-order valence-corrected chi connectivity index (χ4v) is 3.19. The van der Waals surface area contributed by atoms with Crippen molar-refractivity contribution in [2.45, 2.75) is 58.9 Å². The van der Waals surface area contributed by atoms with Gasteiger partial charge in [-0.15, -0.1) is 0 Å². The van der Waals surface area contributed by atoms with E-state index in [0.29, 0.717) is 11.5 Å². The van der Waals surface area contributed by atoms with Gasteiger partial charge in [0.15, 0.2) is 0 Å². The number of nitrogens with one attached hydrogen (secondary N) is 1. The van der Waals surface area contributed by atoms with E-state index < -0.39 is 0 Å². The lowest BCUT2D eigenvalue weighted by Crippen LogP contribution is -2.38. The molecule has 0 bridgehead atoms. The number of anilines is 2. The molecule has 0 aliphatic heterocycles. The normalized spacial score (nSPS) is 18.9. The van der Waals surface area contributed by atoms with Crippen molar-refractivity contribution in [1.82, 2.24) is 9.97 Å². The van der Waals surface area contributed by atoms with E-state index in [-0.39, 0.29) is 0 Å². The van der Waals surface area contributed by atoms with Crippen molar-refractivity contribution in [1.29, 1.82) is 0 Å². The molecule has 0 amide bonds. The van der Waals surface area contributed by atoms with Crippen LogP contribution in [0.1, 0.15) is 52.0 Å². The lowest BCUT2D eigenvalue weighted by Gasteiger charge is -2.39. The zero-order valence-electron chi connectivity index (χ0n) is 13.5. The summed E-state index contributed by atoms with van der Waals surface area (Å²) in [7, 11) is 4.11. The lowest BCUT2D eigenvalue weighted by atomic mass is 9.75. The third kappa shape index (κ3) is 3.05. The minimum Gasteiger partial charge on any atom is -0.373 e. The maximum atomic E-state index is 4.54. The summed E-state index contributed by atoms with van der Waals surface area (Å²) >= 11 is 0. The fraction of sp³-hybridized carbons (Fsp3) is 0.750. The molecule has 0 atom stereocenters. The van der Waals surface area contributed by atoms with Gasteiger partial charge < -0.3 is 10.2 Å². The summed E-state index contributed by atoms with van der Waals surface area (Å²) in [6, 6.07) is 0.605. The van der Waals surface area contributed by atoms with E-state index in [2.05, 4.69) is 48.0 Å². The molecule has 1 aromatic rings. The molecule has 112 valence electrons. The predicted octanol–water partition coefficient (Wildman–Crippen LogP) is 3.49. The third-order valence-electron chi connectivity index (χ3n) is 4.70. The highest BCUT2D eigenvalue weighted by Crippen LogP contribution is 2.38. The van der Waals surface area contributed by atoms with E-state index in [0.717, 1.165) is 18.1 Å². The first-order chi connectivity index (χ1) is 9.48. The van der Waals surface area contributed by atoms with Crippen LogP contribution < -0.4 is 10.2 Å². The molecule has 0 radical (unpaired) electrons. The minimum absolute atomic E-state index is 0.507. The Kier molecular flexibility index (Phi) is 4.51. The molecule has 1 fully saturated rings. The van der Waals surface area contributed by atoms with E-state index in [1.807, 2.05) is 7.05 Å². The van der Waals surface area contributed by atoms with Gasteiger partial charge in [-0.1, -0.05) is 20.8 Å². The number of nitrogens with zero attached hydrogens (tertiary/aromatic N) is 3. The van der Waals surface area contributed by atoms with Crippen molar-refractivity contribution in [2.24, 2.45) is 5.41 Å². The number of rotatable bonds is 4. The first-order valence-electron chi connectivity index (χ1n) is 7.73. The molecule has 4 nitrogen and oxygen atoms in total. The molecule has 1 aromatic heterocycles. The SMILES string of the molecule is CCc1c(NC)ncnc1N(C)C1CCC(C)(C)CC1. The summed E-state index contributed by atoms with van der Waals surface area (Å²) in [5, 5.41) is 3.18. The second-order valence-corrected chi connectivity index (χ2v) is 6.63. The Morgan fingerprint density at radius 2 is 1.95 bits per heavy atom. The van der Waals surface area contributed by atoms with Crippen LogP contribution in [0.15, 0.2) is 6.33 Å². The van der Waals surface area contributed by atoms with Crippen LogP contribution >= 0.6 is 0 Å². The van der Waals surface area contributed by atoms with Crippen molar-refractivity contribution in [3.05, 3.63) is 11.9 Å². The molecule has 0 spiro atoms. The number of aromatic nitrogens is 2. The Labute approximate surface area is 123 Å². The van der Waals surface area contributed by atoms with Crippen LogP contribution in [0.5, 0.6) is 0 Å². The van der Waals surface area contributed by atoms with Crippen molar-refractivity contribution in [3.63, 3.8) is 0 Å². The Hall–Kier alpha value is -1.32. The Balaban J connectivity index is 2.19. The van der Waals surface area contributed by atoms with Gasteiger partial charge in [0.25, 0.3) is 0 Å². The van der Waals surface area contributed by atoms with Crippen molar-refractivity contribution in [3.8, 4) is 0 Å². The zero-order chi connectivity index (χ0) is 14.8. The summed E-state index contributed by atoms with van der Waals surface area (Å²) in [5.74, 6) is 2.05. The van der Waals surface area contributed by atoms with E-state index >= 15 is 0 Å². The molecule has 1 saturated carbocycles. The van der Waals surface area contributed by atoms with Crippen molar-refractivity contribution < 1.29 is 0 Å². The second kappa shape index (κ2) is 5.98. The molecular formula is C16H28N4. The van der Waals surface area contributed by atoms with Crippen LogP contribution in [-0.4, -0.2) is 30.1 Å². The van der Waals surface area contributed by atoms with Crippen molar-refractivity contribution in [2.75, 3.05) is 24.3 Å². The van der Waals surface area contributed by atoms with Crippen molar-refractivity contribution >= 4 is 11.6 Å². The van der Waals surface area contributed by atoms with Gasteiger partial charge in [0.1, 0.15) is 18.0 Å². The Morgan fingerprint density at radius 1 is 1.30 bits per heavy atom. The molecule has 1 N–H and O–H groups in total. The molecule has 4 heteroatoms. The van der Waals surface area contributed by atoms with Gasteiger partial charge in [0, 0.05) is 25.7 Å². The molecule has 1 heterocycles. The maximum absolute atomic E-state index is 4.54. The zero-order valence-corrected chi connectivity index (χ0v) is 13.5. The van der Waals surface area contributed by atoms with Crippen LogP contribution in [0.2, 0.25) is 0 Å². The van der Waals surface area contributed by atoms with E-state index in [4.69, 9.17) is 0 Å². The number of hydrogen-bond donors (Lipinski definition) is 1. The Morgan fingerprint density at radius 3 is 2.50 bits per heavy atom. The van der Waals surface area contributed by atoms with Crippen LogP contribution in [0.25, 0.3) is 0 Å². The largest absolute Gasteiger partial charge is 0.373 e. The standard InChI is InChI=1S/C16H28N4/c1-6-13-14(17-4)18-11-19-15(13)20(5)12-7-9-16(2,3)10-8-12/h11-12H,6-10H2,1-5H3,(H,17,18,19).